The first-order chi connectivity index (χ1) is 15.5. The number of nitrogens with zero attached hydrogens (tertiary/aromatic N) is 2. The number of benzene rings is 2. The molecule has 0 amide bonds. The standard InChI is InChI=1S/C24H22N2O5S/c1-14-19(9-15-5-7-18(28-2)11-20(15)25-14)24(27)31-12-17-13-32-23(26-17)16-6-8-21(29-3)22(10-16)30-4/h5-11,13H,12H2,1-4H3. The fourth-order valence-corrected chi connectivity index (χ4v) is 4.07. The van der Waals surface area contributed by atoms with Crippen LogP contribution in [0.1, 0.15) is 21.7 Å². The number of pyridine rings is 1. The molecular formula is C24H22N2O5S. The average Bonchev–Trinajstić information content (AvgIpc) is 3.30. The van der Waals surface area contributed by atoms with Crippen molar-refractivity contribution >= 4 is 28.2 Å². The van der Waals surface area contributed by atoms with Gasteiger partial charge in [-0.25, -0.2) is 9.78 Å². The van der Waals surface area contributed by atoms with Crippen molar-refractivity contribution in [2.75, 3.05) is 21.3 Å². The van der Waals surface area contributed by atoms with Gasteiger partial charge in [-0.1, -0.05) is 0 Å². The third kappa shape index (κ3) is 4.36. The highest BCUT2D eigenvalue weighted by Gasteiger charge is 2.15. The van der Waals surface area contributed by atoms with Crippen molar-refractivity contribution in [3.05, 3.63) is 64.8 Å². The predicted octanol–water partition coefficient (Wildman–Crippen LogP) is 5.05. The van der Waals surface area contributed by atoms with Gasteiger partial charge in [-0.3, -0.25) is 4.98 Å². The van der Waals surface area contributed by atoms with E-state index in [2.05, 4.69) is 9.97 Å². The van der Waals surface area contributed by atoms with Gasteiger partial charge in [-0.05, 0) is 43.3 Å². The summed E-state index contributed by atoms with van der Waals surface area (Å²) in [6.45, 7) is 1.86. The van der Waals surface area contributed by atoms with Crippen molar-refractivity contribution in [3.63, 3.8) is 0 Å². The van der Waals surface area contributed by atoms with Crippen LogP contribution >= 0.6 is 11.3 Å². The summed E-state index contributed by atoms with van der Waals surface area (Å²) < 4.78 is 21.4. The number of carbonyl (C=O) groups is 1. The molecule has 0 aliphatic heterocycles. The molecule has 2 aromatic carbocycles. The molecule has 0 saturated carbocycles. The molecule has 0 N–H and O–H groups in total. The molecule has 0 unspecified atom stereocenters. The van der Waals surface area contributed by atoms with Crippen molar-refractivity contribution in [3.8, 4) is 27.8 Å². The van der Waals surface area contributed by atoms with Gasteiger partial charge in [-0.15, -0.1) is 11.3 Å². The SMILES string of the molecule is COc1ccc2cc(C(=O)OCc3csc(-c4ccc(OC)c(OC)c4)n3)c(C)nc2c1. The first kappa shape index (κ1) is 21.6. The Morgan fingerprint density at radius 1 is 0.938 bits per heavy atom. The zero-order chi connectivity index (χ0) is 22.7. The number of carbonyl (C=O) groups excluding carboxylic acids is 1. The molecule has 164 valence electrons. The highest BCUT2D eigenvalue weighted by Crippen LogP contribution is 2.33. The molecule has 0 fully saturated rings. The van der Waals surface area contributed by atoms with Crippen LogP contribution < -0.4 is 14.2 Å². The van der Waals surface area contributed by atoms with Crippen molar-refractivity contribution < 1.29 is 23.7 Å². The number of ether oxygens (including phenoxy) is 4. The summed E-state index contributed by atoms with van der Waals surface area (Å²) in [5.74, 6) is 1.56. The van der Waals surface area contributed by atoms with E-state index in [0.717, 1.165) is 21.5 Å². The molecule has 4 aromatic rings. The second-order valence-electron chi connectivity index (χ2n) is 6.97. The van der Waals surface area contributed by atoms with E-state index in [9.17, 15) is 4.79 Å². The van der Waals surface area contributed by atoms with Crippen LogP contribution in [0.15, 0.2) is 47.8 Å². The smallest absolute Gasteiger partial charge is 0.340 e. The van der Waals surface area contributed by atoms with Crippen LogP contribution in [0.4, 0.5) is 0 Å². The van der Waals surface area contributed by atoms with E-state index in [-0.39, 0.29) is 6.61 Å². The number of aryl methyl sites for hydroxylation is 1. The number of rotatable bonds is 7. The Bertz CT molecular complexity index is 1280. The third-order valence-electron chi connectivity index (χ3n) is 4.97. The van der Waals surface area contributed by atoms with Gasteiger partial charge in [0, 0.05) is 22.4 Å². The van der Waals surface area contributed by atoms with E-state index < -0.39 is 5.97 Å². The lowest BCUT2D eigenvalue weighted by atomic mass is 10.1. The fourth-order valence-electron chi connectivity index (χ4n) is 3.27. The Hall–Kier alpha value is -3.65. The van der Waals surface area contributed by atoms with E-state index in [1.54, 1.807) is 34.3 Å². The van der Waals surface area contributed by atoms with Gasteiger partial charge in [0.2, 0.25) is 0 Å². The van der Waals surface area contributed by atoms with Crippen molar-refractivity contribution in [1.29, 1.82) is 0 Å². The largest absolute Gasteiger partial charge is 0.497 e. The van der Waals surface area contributed by atoms with Crippen LogP contribution in [0.5, 0.6) is 17.2 Å². The number of methoxy groups -OCH3 is 3. The molecule has 0 atom stereocenters. The minimum atomic E-state index is -0.437. The average molecular weight is 451 g/mol. The van der Waals surface area contributed by atoms with Gasteiger partial charge in [0.25, 0.3) is 0 Å². The molecule has 2 heterocycles. The van der Waals surface area contributed by atoms with Gasteiger partial charge >= 0.3 is 5.97 Å². The van der Waals surface area contributed by atoms with Gasteiger partial charge in [-0.2, -0.15) is 0 Å². The van der Waals surface area contributed by atoms with Crippen LogP contribution in [0.25, 0.3) is 21.5 Å². The predicted molar refractivity (Wildman–Crippen MR) is 123 cm³/mol. The number of fused-ring (bicyclic) bond motifs is 1. The first-order valence-electron chi connectivity index (χ1n) is 9.81. The lowest BCUT2D eigenvalue weighted by Crippen LogP contribution is -2.08. The summed E-state index contributed by atoms with van der Waals surface area (Å²) in [5, 5.41) is 3.51. The first-order valence-corrected chi connectivity index (χ1v) is 10.7. The van der Waals surface area contributed by atoms with Gasteiger partial charge in [0.05, 0.1) is 43.8 Å². The summed E-state index contributed by atoms with van der Waals surface area (Å²) in [7, 11) is 4.79. The van der Waals surface area contributed by atoms with Gasteiger partial charge in [0.1, 0.15) is 17.4 Å². The highest BCUT2D eigenvalue weighted by atomic mass is 32.1. The third-order valence-corrected chi connectivity index (χ3v) is 5.91. The van der Waals surface area contributed by atoms with E-state index >= 15 is 0 Å². The van der Waals surface area contributed by atoms with E-state index in [4.69, 9.17) is 18.9 Å². The summed E-state index contributed by atoms with van der Waals surface area (Å²) >= 11 is 1.47. The maximum Gasteiger partial charge on any atom is 0.340 e. The van der Waals surface area contributed by atoms with Crippen LogP contribution in [-0.2, 0) is 11.3 Å². The van der Waals surface area contributed by atoms with Crippen LogP contribution in [0.2, 0.25) is 0 Å². The maximum atomic E-state index is 12.7. The van der Waals surface area contributed by atoms with E-state index in [1.165, 1.54) is 11.3 Å². The molecule has 0 bridgehead atoms. The summed E-state index contributed by atoms with van der Waals surface area (Å²) in [6.07, 6.45) is 0. The molecule has 0 saturated heterocycles. The van der Waals surface area contributed by atoms with Crippen molar-refractivity contribution in [1.82, 2.24) is 9.97 Å². The Morgan fingerprint density at radius 3 is 2.50 bits per heavy atom. The number of hydrogen-bond acceptors (Lipinski definition) is 8. The molecule has 4 rings (SSSR count). The Balaban J connectivity index is 1.48. The minimum absolute atomic E-state index is 0.0721. The van der Waals surface area contributed by atoms with Crippen LogP contribution in [0.3, 0.4) is 0 Å². The zero-order valence-corrected chi connectivity index (χ0v) is 19.0. The fraction of sp³-hybridized carbons (Fsp3) is 0.208. The molecule has 0 aliphatic carbocycles. The molecule has 2 aromatic heterocycles. The van der Waals surface area contributed by atoms with E-state index in [0.29, 0.717) is 34.2 Å². The topological polar surface area (TPSA) is 79.8 Å². The van der Waals surface area contributed by atoms with Crippen molar-refractivity contribution in [2.24, 2.45) is 0 Å². The van der Waals surface area contributed by atoms with Gasteiger partial charge < -0.3 is 18.9 Å². The highest BCUT2D eigenvalue weighted by molar-refractivity contribution is 7.13. The second kappa shape index (κ2) is 9.23. The van der Waals surface area contributed by atoms with Crippen LogP contribution in [-0.4, -0.2) is 37.3 Å². The maximum absolute atomic E-state index is 12.7. The molecule has 8 heteroatoms. The molecule has 0 spiro atoms. The Kier molecular flexibility index (Phi) is 6.23. The minimum Gasteiger partial charge on any atom is -0.497 e. The molecule has 7 nitrogen and oxygen atoms in total. The number of hydrogen-bond donors (Lipinski definition) is 0. The quantitative estimate of drug-likeness (QED) is 0.365. The Morgan fingerprint density at radius 2 is 1.75 bits per heavy atom. The lowest BCUT2D eigenvalue weighted by Gasteiger charge is -2.09. The molecule has 0 aliphatic rings. The monoisotopic (exact) mass is 450 g/mol. The molecule has 0 radical (unpaired) electrons. The Labute approximate surface area is 189 Å². The number of aromatic nitrogens is 2. The molecule has 32 heavy (non-hydrogen) atoms. The number of esters is 1. The summed E-state index contributed by atoms with van der Waals surface area (Å²) in [6, 6.07) is 12.9. The normalized spacial score (nSPS) is 10.8. The second-order valence-corrected chi connectivity index (χ2v) is 7.83. The van der Waals surface area contributed by atoms with Crippen molar-refractivity contribution in [2.45, 2.75) is 13.5 Å². The number of thiazole rings is 1. The lowest BCUT2D eigenvalue weighted by molar-refractivity contribution is 0.0467. The summed E-state index contributed by atoms with van der Waals surface area (Å²) in [5.41, 5.74) is 3.36. The van der Waals surface area contributed by atoms with E-state index in [1.807, 2.05) is 41.8 Å². The zero-order valence-electron chi connectivity index (χ0n) is 18.2. The van der Waals surface area contributed by atoms with Gasteiger partial charge in [0.15, 0.2) is 11.5 Å². The summed E-state index contributed by atoms with van der Waals surface area (Å²) in [4.78, 5) is 21.8. The van der Waals surface area contributed by atoms with Crippen LogP contribution in [0, 0.1) is 6.92 Å². The molecular weight excluding hydrogens is 428 g/mol.